The van der Waals surface area contributed by atoms with Crippen LogP contribution in [0.15, 0.2) is 36.1 Å². The van der Waals surface area contributed by atoms with E-state index in [0.717, 1.165) is 12.8 Å². The van der Waals surface area contributed by atoms with Crippen molar-refractivity contribution in [1.29, 1.82) is 0 Å². The summed E-state index contributed by atoms with van der Waals surface area (Å²) in [6, 6.07) is 0. The third-order valence-corrected chi connectivity index (χ3v) is 1.65. The monoisotopic (exact) mass is 252 g/mol. The fourth-order valence-corrected chi connectivity index (χ4v) is 1.03. The van der Waals surface area contributed by atoms with Crippen molar-refractivity contribution < 1.29 is 14.4 Å². The summed E-state index contributed by atoms with van der Waals surface area (Å²) < 4.78 is 0. The summed E-state index contributed by atoms with van der Waals surface area (Å²) in [6.45, 7) is 2.00. The number of hydrogen-bond acceptors (Lipinski definition) is 4. The highest BCUT2D eigenvalue weighted by atomic mass is 16.1. The highest BCUT2D eigenvalue weighted by Gasteiger charge is 2.05. The molecule has 0 unspecified atom stereocenters. The molecule has 0 fully saturated rings. The lowest BCUT2D eigenvalue weighted by atomic mass is 10.1. The molecule has 5 heteroatoms. The predicted molar refractivity (Wildman–Crippen MR) is 71.9 cm³/mol. The van der Waals surface area contributed by atoms with Crippen molar-refractivity contribution in [2.24, 2.45) is 0 Å². The van der Waals surface area contributed by atoms with Gasteiger partial charge in [-0.3, -0.25) is 9.59 Å². The fraction of sp³-hybridized carbons (Fsp3) is 0.308. The smallest absolute Gasteiger partial charge is 0.254 e. The third kappa shape index (κ3) is 10.5. The average molecular weight is 252 g/mol. The van der Waals surface area contributed by atoms with E-state index in [1.54, 1.807) is 6.08 Å². The SMILES string of the molecule is C=O.CNC.O=C/C=C\NC(=O)C1=CCCC=C1. The van der Waals surface area contributed by atoms with Gasteiger partial charge in [0.2, 0.25) is 0 Å². The van der Waals surface area contributed by atoms with Crippen molar-refractivity contribution in [3.8, 4) is 0 Å². The van der Waals surface area contributed by atoms with Gasteiger partial charge in [-0.25, -0.2) is 0 Å². The molecule has 0 heterocycles. The maximum absolute atomic E-state index is 11.3. The molecule has 0 spiro atoms. The van der Waals surface area contributed by atoms with Crippen LogP contribution in [0.3, 0.4) is 0 Å². The van der Waals surface area contributed by atoms with E-state index in [1.807, 2.05) is 33.0 Å². The van der Waals surface area contributed by atoms with Crippen LogP contribution in [0.4, 0.5) is 0 Å². The fourth-order valence-electron chi connectivity index (χ4n) is 1.03. The zero-order valence-corrected chi connectivity index (χ0v) is 10.8. The lowest BCUT2D eigenvalue weighted by Gasteiger charge is -2.04. The van der Waals surface area contributed by atoms with Gasteiger partial charge >= 0.3 is 0 Å². The van der Waals surface area contributed by atoms with Crippen molar-refractivity contribution in [1.82, 2.24) is 10.6 Å². The Morgan fingerprint density at radius 2 is 1.94 bits per heavy atom. The van der Waals surface area contributed by atoms with E-state index in [2.05, 4.69) is 10.6 Å². The van der Waals surface area contributed by atoms with Gasteiger partial charge in [0.25, 0.3) is 5.91 Å². The predicted octanol–water partition coefficient (Wildman–Crippen LogP) is 0.742. The molecule has 0 saturated heterocycles. The van der Waals surface area contributed by atoms with E-state index in [0.29, 0.717) is 11.9 Å². The molecule has 0 aromatic heterocycles. The quantitative estimate of drug-likeness (QED) is 0.574. The Morgan fingerprint density at radius 1 is 1.33 bits per heavy atom. The minimum absolute atomic E-state index is 0.172. The molecule has 0 aromatic carbocycles. The first-order valence-electron chi connectivity index (χ1n) is 5.41. The van der Waals surface area contributed by atoms with Gasteiger partial charge in [-0.05, 0) is 33.0 Å². The second-order valence-electron chi connectivity index (χ2n) is 3.11. The Morgan fingerprint density at radius 3 is 2.39 bits per heavy atom. The van der Waals surface area contributed by atoms with Crippen LogP contribution in [-0.4, -0.2) is 33.1 Å². The van der Waals surface area contributed by atoms with Gasteiger partial charge < -0.3 is 15.4 Å². The number of aldehydes is 1. The van der Waals surface area contributed by atoms with Gasteiger partial charge in [-0.2, -0.15) is 0 Å². The molecule has 0 aliphatic heterocycles. The summed E-state index contributed by atoms with van der Waals surface area (Å²) >= 11 is 0. The standard InChI is InChI=1S/C10H11NO2.C2H7N.CH2O/c12-8-4-7-11-10(13)9-5-2-1-3-6-9;1-3-2;1-2/h2,4-8H,1,3H2,(H,11,13);3H,1-2H3;1H2/b7-4-;;. The van der Waals surface area contributed by atoms with E-state index in [9.17, 15) is 9.59 Å². The molecule has 1 amide bonds. The van der Waals surface area contributed by atoms with Crippen molar-refractivity contribution in [2.45, 2.75) is 12.8 Å². The molecule has 18 heavy (non-hydrogen) atoms. The Bertz CT molecular complexity index is 320. The highest BCUT2D eigenvalue weighted by Crippen LogP contribution is 2.08. The summed E-state index contributed by atoms with van der Waals surface area (Å²) in [5, 5.41) is 5.23. The number of rotatable bonds is 3. The lowest BCUT2D eigenvalue weighted by molar-refractivity contribution is -0.116. The second-order valence-corrected chi connectivity index (χ2v) is 3.11. The van der Waals surface area contributed by atoms with Crippen LogP contribution in [0.25, 0.3) is 0 Å². The molecule has 0 atom stereocenters. The Labute approximate surface area is 108 Å². The van der Waals surface area contributed by atoms with E-state index >= 15 is 0 Å². The molecule has 5 nitrogen and oxygen atoms in total. The van der Waals surface area contributed by atoms with Gasteiger partial charge in [-0.15, -0.1) is 0 Å². The average Bonchev–Trinajstić information content (AvgIpc) is 2.43. The van der Waals surface area contributed by atoms with Crippen LogP contribution >= 0.6 is 0 Å². The molecule has 0 saturated carbocycles. The summed E-state index contributed by atoms with van der Waals surface area (Å²) in [4.78, 5) is 29.2. The highest BCUT2D eigenvalue weighted by molar-refractivity contribution is 5.97. The molecule has 0 bridgehead atoms. The van der Waals surface area contributed by atoms with Crippen LogP contribution in [0.2, 0.25) is 0 Å². The Balaban J connectivity index is 0. The van der Waals surface area contributed by atoms with Crippen molar-refractivity contribution in [2.75, 3.05) is 14.1 Å². The molecule has 1 aliphatic rings. The van der Waals surface area contributed by atoms with Crippen LogP contribution in [0.5, 0.6) is 0 Å². The summed E-state index contributed by atoms with van der Waals surface area (Å²) in [6.07, 6.45) is 10.7. The Kier molecular flexibility index (Phi) is 15.3. The van der Waals surface area contributed by atoms with Crippen LogP contribution in [-0.2, 0) is 14.4 Å². The summed E-state index contributed by atoms with van der Waals surface area (Å²) in [7, 11) is 3.75. The maximum Gasteiger partial charge on any atom is 0.254 e. The van der Waals surface area contributed by atoms with E-state index in [-0.39, 0.29) is 5.91 Å². The van der Waals surface area contributed by atoms with Crippen LogP contribution in [0.1, 0.15) is 12.8 Å². The zero-order valence-electron chi connectivity index (χ0n) is 10.8. The molecule has 1 rings (SSSR count). The number of hydrogen-bond donors (Lipinski definition) is 2. The first kappa shape index (κ1) is 18.4. The third-order valence-electron chi connectivity index (χ3n) is 1.65. The van der Waals surface area contributed by atoms with Gasteiger partial charge in [0.05, 0.1) is 0 Å². The topological polar surface area (TPSA) is 75.3 Å². The first-order valence-corrected chi connectivity index (χ1v) is 5.41. The van der Waals surface area contributed by atoms with E-state index in [4.69, 9.17) is 4.79 Å². The molecule has 100 valence electrons. The molecule has 2 N–H and O–H groups in total. The molecule has 1 aliphatic carbocycles. The number of carbonyl (C=O) groups excluding carboxylic acids is 3. The normalized spacial score (nSPS) is 12.4. The minimum atomic E-state index is -0.172. The maximum atomic E-state index is 11.3. The number of amides is 1. The van der Waals surface area contributed by atoms with Gasteiger partial charge in [0.1, 0.15) is 13.1 Å². The van der Waals surface area contributed by atoms with Crippen LogP contribution < -0.4 is 10.6 Å². The second kappa shape index (κ2) is 15.0. The molecular weight excluding hydrogens is 232 g/mol. The van der Waals surface area contributed by atoms with Gasteiger partial charge in [0.15, 0.2) is 0 Å². The molecular formula is C13H20N2O3. The summed E-state index contributed by atoms with van der Waals surface area (Å²) in [5.41, 5.74) is 0.654. The number of nitrogens with one attached hydrogen (secondary N) is 2. The lowest BCUT2D eigenvalue weighted by Crippen LogP contribution is -2.18. The molecule has 0 aromatic rings. The van der Waals surface area contributed by atoms with E-state index in [1.165, 1.54) is 12.3 Å². The number of allylic oxidation sites excluding steroid dienone is 3. The Hall–Kier alpha value is -2.01. The largest absolute Gasteiger partial charge is 0.328 e. The van der Waals surface area contributed by atoms with Gasteiger partial charge in [-0.1, -0.05) is 18.2 Å². The molecule has 0 radical (unpaired) electrons. The zero-order chi connectivity index (χ0) is 14.2. The minimum Gasteiger partial charge on any atom is -0.328 e. The van der Waals surface area contributed by atoms with Crippen molar-refractivity contribution in [3.63, 3.8) is 0 Å². The van der Waals surface area contributed by atoms with Crippen molar-refractivity contribution >= 4 is 19.0 Å². The van der Waals surface area contributed by atoms with Gasteiger partial charge in [0, 0.05) is 11.8 Å². The van der Waals surface area contributed by atoms with Crippen molar-refractivity contribution in [3.05, 3.63) is 36.1 Å². The number of carbonyl (C=O) groups is 3. The van der Waals surface area contributed by atoms with E-state index < -0.39 is 0 Å². The summed E-state index contributed by atoms with van der Waals surface area (Å²) in [5.74, 6) is -0.172. The first-order chi connectivity index (χ1) is 8.76. The van der Waals surface area contributed by atoms with Crippen LogP contribution in [0, 0.1) is 0 Å².